The number of hydrogen-bond acceptors (Lipinski definition) is 4. The molecule has 4 nitrogen and oxygen atoms in total. The van der Waals surface area contributed by atoms with Crippen LogP contribution in [0, 0.1) is 0 Å². The maximum atomic E-state index is 10.3. The van der Waals surface area contributed by atoms with Gasteiger partial charge in [0.15, 0.2) is 0 Å². The molecule has 0 saturated heterocycles. The molecule has 0 heterocycles. The van der Waals surface area contributed by atoms with Gasteiger partial charge in [-0.15, -0.1) is 0 Å². The number of rotatable bonds is 0. The van der Waals surface area contributed by atoms with Crippen molar-refractivity contribution in [3.8, 4) is 0 Å². The molecule has 0 aromatic carbocycles. The summed E-state index contributed by atoms with van der Waals surface area (Å²) in [7, 11) is 0. The first-order chi connectivity index (χ1) is 18.5. The fraction of sp³-hybridized carbons (Fsp3) is 1.00. The van der Waals surface area contributed by atoms with Gasteiger partial charge in [0.05, 0.1) is 0 Å². The van der Waals surface area contributed by atoms with E-state index in [0.29, 0.717) is 12.8 Å². The van der Waals surface area contributed by atoms with E-state index in [1.54, 1.807) is 0 Å². The molecule has 1 saturated carbocycles. The van der Waals surface area contributed by atoms with Crippen LogP contribution in [0.5, 0.6) is 0 Å². The molecule has 4 N–H and O–H groups in total. The van der Waals surface area contributed by atoms with Crippen molar-refractivity contribution in [1.29, 1.82) is 0 Å². The van der Waals surface area contributed by atoms with E-state index in [4.69, 9.17) is 0 Å². The quantitative estimate of drug-likeness (QED) is 0.230. The van der Waals surface area contributed by atoms with Gasteiger partial charge in [-0.05, 0) is 12.8 Å². The van der Waals surface area contributed by atoms with Crippen LogP contribution in [0.4, 0.5) is 0 Å². The van der Waals surface area contributed by atoms with Crippen LogP contribution in [0.15, 0.2) is 0 Å². The van der Waals surface area contributed by atoms with Gasteiger partial charge in [-0.3, -0.25) is 0 Å². The molecule has 0 aliphatic heterocycles. The Morgan fingerprint density at radius 2 is 0.289 bits per heavy atom. The molecule has 0 bridgehead atoms. The first-order valence-corrected chi connectivity index (χ1v) is 17.4. The summed E-state index contributed by atoms with van der Waals surface area (Å²) in [6.45, 7) is 0. The van der Waals surface area contributed by atoms with Gasteiger partial charge in [-0.2, -0.15) is 0 Å². The van der Waals surface area contributed by atoms with Crippen LogP contribution in [0.1, 0.15) is 205 Å². The van der Waals surface area contributed by atoms with Crippen molar-refractivity contribution in [1.82, 2.24) is 0 Å². The van der Waals surface area contributed by atoms with Crippen molar-refractivity contribution in [2.45, 2.75) is 217 Å². The zero-order chi connectivity index (χ0) is 27.6. The number of hydrogen-bond donors (Lipinski definition) is 4. The van der Waals surface area contributed by atoms with Gasteiger partial charge in [-0.1, -0.05) is 180 Å². The molecule has 228 valence electrons. The first-order valence-electron chi connectivity index (χ1n) is 17.4. The average molecular weight is 541 g/mol. The van der Waals surface area contributed by atoms with Crippen LogP contribution in [0.25, 0.3) is 0 Å². The van der Waals surface area contributed by atoms with E-state index in [2.05, 4.69) is 0 Å². The monoisotopic (exact) mass is 541 g/mol. The highest BCUT2D eigenvalue weighted by Crippen LogP contribution is 2.29. The van der Waals surface area contributed by atoms with Gasteiger partial charge in [0.2, 0.25) is 11.6 Å². The third kappa shape index (κ3) is 20.7. The van der Waals surface area contributed by atoms with Crippen LogP contribution >= 0.6 is 0 Å². The van der Waals surface area contributed by atoms with E-state index in [1.807, 2.05) is 0 Å². The van der Waals surface area contributed by atoms with E-state index in [0.717, 1.165) is 25.7 Å². The lowest BCUT2D eigenvalue weighted by atomic mass is 9.93. The Labute approximate surface area is 237 Å². The lowest BCUT2D eigenvalue weighted by molar-refractivity contribution is -0.361. The Kier molecular flexibility index (Phi) is 23.2. The van der Waals surface area contributed by atoms with E-state index in [1.165, 1.54) is 154 Å². The molecule has 4 heteroatoms. The smallest absolute Gasteiger partial charge is 0.218 e. The lowest BCUT2D eigenvalue weighted by Gasteiger charge is -2.35. The molecular formula is C34H68O4. The second-order valence-electron chi connectivity index (χ2n) is 12.7. The fourth-order valence-corrected chi connectivity index (χ4v) is 6.09. The van der Waals surface area contributed by atoms with Crippen LogP contribution in [0.3, 0.4) is 0 Å². The van der Waals surface area contributed by atoms with Gasteiger partial charge in [0.25, 0.3) is 0 Å². The Bertz CT molecular complexity index is 447. The summed E-state index contributed by atoms with van der Waals surface area (Å²) < 4.78 is 0. The molecule has 1 aliphatic rings. The van der Waals surface area contributed by atoms with Gasteiger partial charge in [0, 0.05) is 12.8 Å². The maximum Gasteiger partial charge on any atom is 0.218 e. The van der Waals surface area contributed by atoms with E-state index in [-0.39, 0.29) is 12.8 Å². The van der Waals surface area contributed by atoms with Gasteiger partial charge in [0.1, 0.15) is 0 Å². The third-order valence-corrected chi connectivity index (χ3v) is 8.94. The van der Waals surface area contributed by atoms with Gasteiger partial charge < -0.3 is 20.4 Å². The Balaban J connectivity index is 2.23. The first kappa shape index (κ1) is 35.9. The van der Waals surface area contributed by atoms with Crippen LogP contribution in [0.2, 0.25) is 0 Å². The van der Waals surface area contributed by atoms with Crippen molar-refractivity contribution in [2.24, 2.45) is 0 Å². The minimum Gasteiger partial charge on any atom is -0.361 e. The van der Waals surface area contributed by atoms with Crippen molar-refractivity contribution < 1.29 is 20.4 Å². The van der Waals surface area contributed by atoms with Gasteiger partial charge in [-0.25, -0.2) is 0 Å². The standard InChI is InChI=1S/C34H68O4/c35-33(36)31-29-27-25-23-21-19-17-15-13-11-9-7-5-3-1-2-4-6-8-10-12-14-16-18-20-22-24-26-28-30-32-34(33,37)38/h35-38H,1-32H2. The predicted octanol–water partition coefficient (Wildman–Crippen LogP) is 9.84. The second kappa shape index (κ2) is 24.6. The molecule has 0 aromatic heterocycles. The van der Waals surface area contributed by atoms with Crippen molar-refractivity contribution in [3.63, 3.8) is 0 Å². The summed E-state index contributed by atoms with van der Waals surface area (Å²) in [4.78, 5) is 0. The molecule has 0 spiro atoms. The molecule has 1 fully saturated rings. The minimum absolute atomic E-state index is 0.0278. The average Bonchev–Trinajstić information content (AvgIpc) is 2.88. The maximum absolute atomic E-state index is 10.3. The van der Waals surface area contributed by atoms with Gasteiger partial charge >= 0.3 is 0 Å². The Hall–Kier alpha value is -0.160. The molecule has 0 aromatic rings. The van der Waals surface area contributed by atoms with E-state index < -0.39 is 11.6 Å². The molecule has 0 amide bonds. The molecule has 38 heavy (non-hydrogen) atoms. The van der Waals surface area contributed by atoms with Crippen molar-refractivity contribution >= 4 is 0 Å². The second-order valence-corrected chi connectivity index (χ2v) is 12.7. The minimum atomic E-state index is -2.41. The van der Waals surface area contributed by atoms with E-state index in [9.17, 15) is 20.4 Å². The summed E-state index contributed by atoms with van der Waals surface area (Å²) in [5.74, 6) is -4.83. The normalized spacial score (nSPS) is 25.6. The molecule has 1 aliphatic carbocycles. The van der Waals surface area contributed by atoms with Crippen LogP contribution < -0.4 is 0 Å². The lowest BCUT2D eigenvalue weighted by Crippen LogP contribution is -2.54. The molecule has 1 rings (SSSR count). The molecule has 0 atom stereocenters. The topological polar surface area (TPSA) is 80.9 Å². The SMILES string of the molecule is OC1(O)CCCCCCCCCCCCCCCCCCCCCCCCCCCCCCCCC1(O)O. The summed E-state index contributed by atoms with van der Waals surface area (Å²) in [5.41, 5.74) is 0. The van der Waals surface area contributed by atoms with E-state index >= 15 is 0 Å². The zero-order valence-electron chi connectivity index (χ0n) is 25.4. The Morgan fingerprint density at radius 3 is 0.421 bits per heavy atom. The largest absolute Gasteiger partial charge is 0.361 e. The fourth-order valence-electron chi connectivity index (χ4n) is 6.09. The summed E-state index contributed by atoms with van der Waals surface area (Å²) in [6, 6.07) is 0. The zero-order valence-corrected chi connectivity index (χ0v) is 25.4. The molecular weight excluding hydrogens is 472 g/mol. The highest BCUT2D eigenvalue weighted by Gasteiger charge is 2.45. The van der Waals surface area contributed by atoms with Crippen molar-refractivity contribution in [2.75, 3.05) is 0 Å². The highest BCUT2D eigenvalue weighted by molar-refractivity contribution is 4.82. The number of aliphatic hydroxyl groups is 4. The molecule has 0 radical (unpaired) electrons. The summed E-state index contributed by atoms with van der Waals surface area (Å²) in [5, 5.41) is 41.2. The summed E-state index contributed by atoms with van der Waals surface area (Å²) in [6.07, 6.45) is 38.1. The predicted molar refractivity (Wildman–Crippen MR) is 162 cm³/mol. The third-order valence-electron chi connectivity index (χ3n) is 8.94. The molecule has 0 unspecified atom stereocenters. The highest BCUT2D eigenvalue weighted by atomic mass is 16.6. The summed E-state index contributed by atoms with van der Waals surface area (Å²) >= 11 is 0. The Morgan fingerprint density at radius 1 is 0.184 bits per heavy atom. The van der Waals surface area contributed by atoms with Crippen LogP contribution in [-0.2, 0) is 0 Å². The van der Waals surface area contributed by atoms with Crippen molar-refractivity contribution in [3.05, 3.63) is 0 Å². The van der Waals surface area contributed by atoms with Crippen LogP contribution in [-0.4, -0.2) is 32.0 Å².